The number of ether oxygens (including phenoxy) is 1. The van der Waals surface area contributed by atoms with Crippen molar-refractivity contribution in [3.8, 4) is 0 Å². The van der Waals surface area contributed by atoms with E-state index >= 15 is 0 Å². The fourth-order valence-corrected chi connectivity index (χ4v) is 4.55. The molecule has 1 atom stereocenters. The molecule has 1 unspecified atom stereocenters. The molecule has 0 radical (unpaired) electrons. The highest BCUT2D eigenvalue weighted by Gasteiger charge is 2.36. The second kappa shape index (κ2) is 9.01. The fraction of sp³-hybridized carbons (Fsp3) is 0.500. The predicted octanol–water partition coefficient (Wildman–Crippen LogP) is 3.84. The molecule has 31 heavy (non-hydrogen) atoms. The molecule has 1 amide bonds. The molecule has 0 aromatic heterocycles. The van der Waals surface area contributed by atoms with Crippen LogP contribution in [0.15, 0.2) is 48.5 Å². The van der Waals surface area contributed by atoms with E-state index in [4.69, 9.17) is 4.74 Å². The van der Waals surface area contributed by atoms with E-state index in [1.807, 2.05) is 11.9 Å². The summed E-state index contributed by atoms with van der Waals surface area (Å²) >= 11 is 0. The third kappa shape index (κ3) is 4.94. The number of hydrogen-bond donors (Lipinski definition) is 0. The summed E-state index contributed by atoms with van der Waals surface area (Å²) in [6, 6.07) is 17.6. The van der Waals surface area contributed by atoms with Crippen molar-refractivity contribution in [2.75, 3.05) is 51.3 Å². The molecule has 5 nitrogen and oxygen atoms in total. The molecular weight excluding hydrogens is 386 g/mol. The summed E-state index contributed by atoms with van der Waals surface area (Å²) in [5.41, 5.74) is 5.14. The van der Waals surface area contributed by atoms with Crippen LogP contribution in [0.2, 0.25) is 0 Å². The van der Waals surface area contributed by atoms with Gasteiger partial charge in [0.15, 0.2) is 0 Å². The second-order valence-electron chi connectivity index (χ2n) is 9.76. The van der Waals surface area contributed by atoms with E-state index in [2.05, 4.69) is 79.1 Å². The number of rotatable bonds is 5. The average molecular weight is 422 g/mol. The van der Waals surface area contributed by atoms with E-state index in [1.165, 1.54) is 22.4 Å². The van der Waals surface area contributed by atoms with E-state index in [9.17, 15) is 4.79 Å². The Morgan fingerprint density at radius 2 is 1.61 bits per heavy atom. The summed E-state index contributed by atoms with van der Waals surface area (Å²) in [6.07, 6.45) is 0.869. The summed E-state index contributed by atoms with van der Waals surface area (Å²) in [5.74, 6) is 0.206. The van der Waals surface area contributed by atoms with Crippen LogP contribution >= 0.6 is 0 Å². The molecule has 0 N–H and O–H groups in total. The van der Waals surface area contributed by atoms with Crippen molar-refractivity contribution < 1.29 is 9.53 Å². The Morgan fingerprint density at radius 3 is 2.23 bits per heavy atom. The van der Waals surface area contributed by atoms with Gasteiger partial charge in [0, 0.05) is 25.3 Å². The lowest BCUT2D eigenvalue weighted by molar-refractivity contribution is -0.128. The van der Waals surface area contributed by atoms with Crippen LogP contribution in [-0.4, -0.2) is 62.1 Å². The SMILES string of the molecule is CN1CC(=O)N(CCc2ccc(N3CCOCC3)cc2)C1c1ccc(C(C)(C)C)cc1. The van der Waals surface area contributed by atoms with Gasteiger partial charge >= 0.3 is 0 Å². The van der Waals surface area contributed by atoms with Gasteiger partial charge in [-0.25, -0.2) is 0 Å². The summed E-state index contributed by atoms with van der Waals surface area (Å²) in [6.45, 7) is 11.4. The van der Waals surface area contributed by atoms with E-state index in [1.54, 1.807) is 0 Å². The largest absolute Gasteiger partial charge is 0.378 e. The Balaban J connectivity index is 1.43. The monoisotopic (exact) mass is 421 g/mol. The van der Waals surface area contributed by atoms with Gasteiger partial charge in [-0.05, 0) is 47.7 Å². The Kier molecular flexibility index (Phi) is 6.35. The van der Waals surface area contributed by atoms with Gasteiger partial charge in [-0.2, -0.15) is 0 Å². The maximum absolute atomic E-state index is 12.7. The quantitative estimate of drug-likeness (QED) is 0.735. The first-order valence-corrected chi connectivity index (χ1v) is 11.3. The molecule has 5 heteroatoms. The Bertz CT molecular complexity index is 880. The minimum atomic E-state index is 0.00846. The Hall–Kier alpha value is -2.37. The molecule has 2 aromatic carbocycles. The normalized spacial score (nSPS) is 20.5. The van der Waals surface area contributed by atoms with Crippen molar-refractivity contribution in [1.82, 2.24) is 9.80 Å². The number of likely N-dealkylation sites (N-methyl/N-ethyl adjacent to an activating group) is 1. The molecule has 4 rings (SSSR count). The lowest BCUT2D eigenvalue weighted by atomic mass is 9.86. The van der Waals surface area contributed by atoms with Crippen molar-refractivity contribution in [2.45, 2.75) is 38.8 Å². The molecule has 2 aliphatic heterocycles. The molecular formula is C26H35N3O2. The van der Waals surface area contributed by atoms with Gasteiger partial charge in [0.05, 0.1) is 19.8 Å². The predicted molar refractivity (Wildman–Crippen MR) is 125 cm³/mol. The van der Waals surface area contributed by atoms with Crippen molar-refractivity contribution in [3.05, 3.63) is 65.2 Å². The highest BCUT2D eigenvalue weighted by molar-refractivity contribution is 5.81. The lowest BCUT2D eigenvalue weighted by Crippen LogP contribution is -2.36. The second-order valence-corrected chi connectivity index (χ2v) is 9.76. The molecule has 0 saturated carbocycles. The maximum atomic E-state index is 12.7. The van der Waals surface area contributed by atoms with Crippen LogP contribution < -0.4 is 4.90 Å². The molecule has 166 valence electrons. The zero-order valence-corrected chi connectivity index (χ0v) is 19.3. The van der Waals surface area contributed by atoms with E-state index in [0.29, 0.717) is 6.54 Å². The number of amides is 1. The zero-order chi connectivity index (χ0) is 22.0. The zero-order valence-electron chi connectivity index (χ0n) is 19.3. The van der Waals surface area contributed by atoms with Crippen LogP contribution in [-0.2, 0) is 21.4 Å². The Morgan fingerprint density at radius 1 is 0.968 bits per heavy atom. The van der Waals surface area contributed by atoms with Crippen LogP contribution in [0.25, 0.3) is 0 Å². The highest BCUT2D eigenvalue weighted by Crippen LogP contribution is 2.31. The number of hydrogen-bond acceptors (Lipinski definition) is 4. The van der Waals surface area contributed by atoms with Crippen molar-refractivity contribution >= 4 is 11.6 Å². The molecule has 2 heterocycles. The number of carbonyl (C=O) groups is 1. The maximum Gasteiger partial charge on any atom is 0.238 e. The van der Waals surface area contributed by atoms with Crippen LogP contribution in [0.5, 0.6) is 0 Å². The molecule has 2 fully saturated rings. The molecule has 0 bridgehead atoms. The smallest absolute Gasteiger partial charge is 0.238 e. The standard InChI is InChI=1S/C26H35N3O2/c1-26(2,3)22-9-7-21(8-10-22)25-27(4)19-24(30)29(25)14-13-20-5-11-23(12-6-20)28-15-17-31-18-16-28/h5-12,25H,13-19H2,1-4H3. The Labute approximate surface area is 186 Å². The van der Waals surface area contributed by atoms with Crippen LogP contribution in [0.3, 0.4) is 0 Å². The van der Waals surface area contributed by atoms with Gasteiger partial charge in [-0.1, -0.05) is 57.2 Å². The number of benzene rings is 2. The minimum Gasteiger partial charge on any atom is -0.378 e. The molecule has 2 aromatic rings. The first-order chi connectivity index (χ1) is 14.8. The topological polar surface area (TPSA) is 36.0 Å². The van der Waals surface area contributed by atoms with Crippen molar-refractivity contribution in [3.63, 3.8) is 0 Å². The first-order valence-electron chi connectivity index (χ1n) is 11.3. The van der Waals surface area contributed by atoms with E-state index in [-0.39, 0.29) is 17.5 Å². The van der Waals surface area contributed by atoms with Crippen LogP contribution in [0.4, 0.5) is 5.69 Å². The summed E-state index contributed by atoms with van der Waals surface area (Å²) in [4.78, 5) is 19.3. The van der Waals surface area contributed by atoms with Crippen molar-refractivity contribution in [1.29, 1.82) is 0 Å². The van der Waals surface area contributed by atoms with Crippen LogP contribution in [0.1, 0.15) is 43.6 Å². The third-order valence-corrected chi connectivity index (χ3v) is 6.45. The van der Waals surface area contributed by atoms with Gasteiger partial charge < -0.3 is 14.5 Å². The summed E-state index contributed by atoms with van der Waals surface area (Å²) in [7, 11) is 2.04. The van der Waals surface area contributed by atoms with Crippen LogP contribution in [0, 0.1) is 0 Å². The fourth-order valence-electron chi connectivity index (χ4n) is 4.55. The van der Waals surface area contributed by atoms with E-state index < -0.39 is 0 Å². The summed E-state index contributed by atoms with van der Waals surface area (Å²) in [5, 5.41) is 0. The molecule has 2 saturated heterocycles. The van der Waals surface area contributed by atoms with Gasteiger partial charge in [-0.15, -0.1) is 0 Å². The highest BCUT2D eigenvalue weighted by atomic mass is 16.5. The van der Waals surface area contributed by atoms with E-state index in [0.717, 1.165) is 39.3 Å². The first kappa shape index (κ1) is 21.8. The van der Waals surface area contributed by atoms with Gasteiger partial charge in [0.2, 0.25) is 5.91 Å². The van der Waals surface area contributed by atoms with Gasteiger partial charge in [0.1, 0.15) is 6.17 Å². The molecule has 0 spiro atoms. The van der Waals surface area contributed by atoms with Gasteiger partial charge in [-0.3, -0.25) is 9.69 Å². The van der Waals surface area contributed by atoms with Crippen molar-refractivity contribution in [2.24, 2.45) is 0 Å². The number of nitrogens with zero attached hydrogens (tertiary/aromatic N) is 3. The summed E-state index contributed by atoms with van der Waals surface area (Å²) < 4.78 is 5.45. The minimum absolute atomic E-state index is 0.00846. The van der Waals surface area contributed by atoms with Gasteiger partial charge in [0.25, 0.3) is 0 Å². The number of morpholine rings is 1. The number of carbonyl (C=O) groups excluding carboxylic acids is 1. The number of anilines is 1. The lowest BCUT2D eigenvalue weighted by Gasteiger charge is -2.30. The average Bonchev–Trinajstić information content (AvgIpc) is 3.05. The third-order valence-electron chi connectivity index (χ3n) is 6.45. The molecule has 0 aliphatic carbocycles. The molecule has 2 aliphatic rings.